The minimum atomic E-state index is -0.812. The Morgan fingerprint density at radius 3 is 2.32 bits per heavy atom. The van der Waals surface area contributed by atoms with Crippen molar-refractivity contribution < 1.29 is 8.78 Å². The molecule has 0 spiro atoms. The maximum absolute atomic E-state index is 14.0. The SMILES string of the molecule is CCCCCc1ccc(C2CCc3cc(-c4cc(F)c(C#N)c(F)c4)ccc3C2)cc1. The molecule has 3 aromatic carbocycles. The van der Waals surface area contributed by atoms with Crippen LogP contribution in [0.3, 0.4) is 0 Å². The van der Waals surface area contributed by atoms with Crippen LogP contribution in [0.25, 0.3) is 11.1 Å². The fourth-order valence-electron chi connectivity index (χ4n) is 4.60. The van der Waals surface area contributed by atoms with Crippen molar-refractivity contribution in [2.45, 2.75) is 57.8 Å². The number of benzene rings is 3. The lowest BCUT2D eigenvalue weighted by atomic mass is 9.79. The first kappa shape index (κ1) is 21.2. The molecular formula is C28H27F2N. The molecule has 0 saturated heterocycles. The Balaban J connectivity index is 1.49. The first-order chi connectivity index (χ1) is 15.1. The molecule has 0 saturated carbocycles. The van der Waals surface area contributed by atoms with Crippen LogP contribution in [0.15, 0.2) is 54.6 Å². The summed E-state index contributed by atoms with van der Waals surface area (Å²) in [6, 6.07) is 19.3. The summed E-state index contributed by atoms with van der Waals surface area (Å²) in [6.45, 7) is 2.23. The van der Waals surface area contributed by atoms with Gasteiger partial charge in [-0.05, 0) is 83.5 Å². The molecule has 1 aliphatic carbocycles. The van der Waals surface area contributed by atoms with Gasteiger partial charge in [0.1, 0.15) is 23.3 Å². The molecule has 0 radical (unpaired) electrons. The van der Waals surface area contributed by atoms with Gasteiger partial charge >= 0.3 is 0 Å². The van der Waals surface area contributed by atoms with E-state index in [1.54, 1.807) is 6.07 Å². The molecule has 0 aromatic heterocycles. The molecule has 0 amide bonds. The zero-order valence-electron chi connectivity index (χ0n) is 17.9. The standard InChI is InChI=1S/C28H27F2N/c1-2-3-4-5-19-6-8-20(9-7-19)21-10-11-23-15-24(13-12-22(23)14-21)25-16-27(29)26(18-31)28(30)17-25/h6-9,12-13,15-17,21H,2-5,10-11,14H2,1H3. The van der Waals surface area contributed by atoms with E-state index in [2.05, 4.69) is 37.3 Å². The molecule has 0 bridgehead atoms. The summed E-state index contributed by atoms with van der Waals surface area (Å²) < 4.78 is 28.1. The number of aryl methyl sites for hydroxylation is 2. The van der Waals surface area contributed by atoms with Crippen molar-refractivity contribution in [2.24, 2.45) is 0 Å². The largest absolute Gasteiger partial charge is 0.205 e. The molecule has 0 aliphatic heterocycles. The Kier molecular flexibility index (Phi) is 6.47. The van der Waals surface area contributed by atoms with E-state index in [-0.39, 0.29) is 0 Å². The van der Waals surface area contributed by atoms with Gasteiger partial charge in [-0.15, -0.1) is 0 Å². The highest BCUT2D eigenvalue weighted by atomic mass is 19.1. The van der Waals surface area contributed by atoms with Gasteiger partial charge in [-0.1, -0.05) is 62.2 Å². The number of hydrogen-bond acceptors (Lipinski definition) is 1. The summed E-state index contributed by atoms with van der Waals surface area (Å²) in [5.74, 6) is -1.12. The van der Waals surface area contributed by atoms with Crippen LogP contribution in [-0.4, -0.2) is 0 Å². The lowest BCUT2D eigenvalue weighted by Crippen LogP contribution is -2.13. The van der Waals surface area contributed by atoms with Gasteiger partial charge in [0, 0.05) is 0 Å². The Morgan fingerprint density at radius 1 is 0.903 bits per heavy atom. The number of fused-ring (bicyclic) bond motifs is 1. The van der Waals surface area contributed by atoms with E-state index < -0.39 is 17.2 Å². The molecule has 158 valence electrons. The molecule has 31 heavy (non-hydrogen) atoms. The summed E-state index contributed by atoms with van der Waals surface area (Å²) in [7, 11) is 0. The molecule has 3 heteroatoms. The maximum Gasteiger partial charge on any atom is 0.144 e. The Labute approximate surface area is 183 Å². The first-order valence-corrected chi connectivity index (χ1v) is 11.2. The van der Waals surface area contributed by atoms with Crippen LogP contribution in [0, 0.1) is 23.0 Å². The highest BCUT2D eigenvalue weighted by Crippen LogP contribution is 2.35. The molecule has 1 aliphatic rings. The topological polar surface area (TPSA) is 23.8 Å². The van der Waals surface area contributed by atoms with Crippen LogP contribution in [0.5, 0.6) is 0 Å². The minimum absolute atomic E-state index is 0.470. The maximum atomic E-state index is 14.0. The van der Waals surface area contributed by atoms with Crippen LogP contribution in [-0.2, 0) is 19.3 Å². The van der Waals surface area contributed by atoms with Crippen molar-refractivity contribution in [3.05, 3.63) is 94.0 Å². The highest BCUT2D eigenvalue weighted by molar-refractivity contribution is 5.66. The average molecular weight is 416 g/mol. The zero-order chi connectivity index (χ0) is 21.8. The van der Waals surface area contributed by atoms with Crippen molar-refractivity contribution in [2.75, 3.05) is 0 Å². The molecule has 1 atom stereocenters. The number of nitrogens with zero attached hydrogens (tertiary/aromatic N) is 1. The molecule has 1 unspecified atom stereocenters. The number of rotatable bonds is 6. The van der Waals surface area contributed by atoms with Crippen molar-refractivity contribution in [1.29, 1.82) is 5.26 Å². The summed E-state index contributed by atoms with van der Waals surface area (Å²) in [6.07, 6.45) is 7.94. The van der Waals surface area contributed by atoms with Gasteiger partial charge in [0.25, 0.3) is 0 Å². The van der Waals surface area contributed by atoms with E-state index in [0.717, 1.165) is 31.2 Å². The monoisotopic (exact) mass is 415 g/mol. The average Bonchev–Trinajstić information content (AvgIpc) is 2.79. The molecule has 1 nitrogen and oxygen atoms in total. The molecular weight excluding hydrogens is 388 g/mol. The van der Waals surface area contributed by atoms with Crippen LogP contribution in [0.2, 0.25) is 0 Å². The van der Waals surface area contributed by atoms with Gasteiger partial charge in [0.15, 0.2) is 0 Å². The number of unbranched alkanes of at least 4 members (excludes halogenated alkanes) is 2. The molecule has 0 N–H and O–H groups in total. The van der Waals surface area contributed by atoms with Crippen molar-refractivity contribution >= 4 is 0 Å². The zero-order valence-corrected chi connectivity index (χ0v) is 17.9. The second-order valence-corrected chi connectivity index (χ2v) is 8.55. The van der Waals surface area contributed by atoms with Crippen LogP contribution in [0.1, 0.15) is 66.3 Å². The molecule has 3 aromatic rings. The van der Waals surface area contributed by atoms with Crippen molar-refractivity contribution in [1.82, 2.24) is 0 Å². The van der Waals surface area contributed by atoms with E-state index in [1.807, 2.05) is 12.1 Å². The third kappa shape index (κ3) is 4.69. The van der Waals surface area contributed by atoms with Crippen LogP contribution < -0.4 is 0 Å². The van der Waals surface area contributed by atoms with Gasteiger partial charge in [0.2, 0.25) is 0 Å². The molecule has 0 heterocycles. The molecule has 4 rings (SSSR count). The lowest BCUT2D eigenvalue weighted by molar-refractivity contribution is 0.577. The highest BCUT2D eigenvalue weighted by Gasteiger charge is 2.21. The quantitative estimate of drug-likeness (QED) is 0.382. The summed E-state index contributed by atoms with van der Waals surface area (Å²) >= 11 is 0. The Hall–Kier alpha value is -2.99. The number of halogens is 2. The van der Waals surface area contributed by atoms with E-state index >= 15 is 0 Å². The van der Waals surface area contributed by atoms with Gasteiger partial charge in [-0.25, -0.2) is 8.78 Å². The number of hydrogen-bond donors (Lipinski definition) is 0. The predicted octanol–water partition coefficient (Wildman–Crippen LogP) is 7.51. The van der Waals surface area contributed by atoms with E-state index in [0.29, 0.717) is 11.5 Å². The lowest BCUT2D eigenvalue weighted by Gasteiger charge is -2.26. The van der Waals surface area contributed by atoms with Gasteiger partial charge in [0.05, 0.1) is 0 Å². The fraction of sp³-hybridized carbons (Fsp3) is 0.321. The number of nitriles is 1. The molecule has 0 fully saturated rings. The fourth-order valence-corrected chi connectivity index (χ4v) is 4.60. The third-order valence-electron chi connectivity index (χ3n) is 6.44. The Bertz CT molecular complexity index is 1090. The van der Waals surface area contributed by atoms with E-state index in [1.165, 1.54) is 53.6 Å². The smallest absolute Gasteiger partial charge is 0.144 e. The predicted molar refractivity (Wildman–Crippen MR) is 121 cm³/mol. The van der Waals surface area contributed by atoms with Crippen molar-refractivity contribution in [3.63, 3.8) is 0 Å². The van der Waals surface area contributed by atoms with Crippen LogP contribution in [0.4, 0.5) is 8.78 Å². The minimum Gasteiger partial charge on any atom is -0.205 e. The summed E-state index contributed by atoms with van der Waals surface area (Å²) in [5, 5.41) is 8.87. The second kappa shape index (κ2) is 9.43. The Morgan fingerprint density at radius 2 is 1.65 bits per heavy atom. The van der Waals surface area contributed by atoms with E-state index in [9.17, 15) is 8.78 Å². The third-order valence-corrected chi connectivity index (χ3v) is 6.44. The van der Waals surface area contributed by atoms with Crippen LogP contribution >= 0.6 is 0 Å². The van der Waals surface area contributed by atoms with Crippen molar-refractivity contribution in [3.8, 4) is 17.2 Å². The second-order valence-electron chi connectivity index (χ2n) is 8.55. The van der Waals surface area contributed by atoms with E-state index in [4.69, 9.17) is 5.26 Å². The summed E-state index contributed by atoms with van der Waals surface area (Å²) in [4.78, 5) is 0. The van der Waals surface area contributed by atoms with Gasteiger partial charge in [-0.2, -0.15) is 5.26 Å². The van der Waals surface area contributed by atoms with Gasteiger partial charge < -0.3 is 0 Å². The first-order valence-electron chi connectivity index (χ1n) is 11.2. The normalized spacial score (nSPS) is 15.4. The van der Waals surface area contributed by atoms with Gasteiger partial charge in [-0.3, -0.25) is 0 Å². The summed E-state index contributed by atoms with van der Waals surface area (Å²) in [5.41, 5.74) is 6.09.